The number of piperidine rings is 1. The van der Waals surface area contributed by atoms with Crippen LogP contribution < -0.4 is 10.1 Å². The second-order valence-corrected chi connectivity index (χ2v) is 8.09. The van der Waals surface area contributed by atoms with Crippen molar-refractivity contribution < 1.29 is 19.1 Å². The molecule has 0 bridgehead atoms. The van der Waals surface area contributed by atoms with Crippen LogP contribution in [0.1, 0.15) is 61.9 Å². The Kier molecular flexibility index (Phi) is 5.58. The molecule has 2 aliphatic heterocycles. The van der Waals surface area contributed by atoms with Crippen molar-refractivity contribution in [3.63, 3.8) is 0 Å². The minimum Gasteiger partial charge on any atom is -0.489 e. The van der Waals surface area contributed by atoms with Gasteiger partial charge in [-0.05, 0) is 62.5 Å². The molecule has 0 aromatic heterocycles. The number of rotatable bonds is 6. The summed E-state index contributed by atoms with van der Waals surface area (Å²) in [6.07, 6.45) is 4.16. The molecule has 1 aromatic carbocycles. The van der Waals surface area contributed by atoms with Crippen LogP contribution in [0.3, 0.4) is 0 Å². The van der Waals surface area contributed by atoms with E-state index >= 15 is 0 Å². The fourth-order valence-electron chi connectivity index (χ4n) is 4.95. The van der Waals surface area contributed by atoms with Crippen LogP contribution >= 0.6 is 0 Å². The molecule has 3 amide bonds. The zero-order chi connectivity index (χ0) is 20.5. The number of likely N-dealkylation sites (N-methyl/N-ethyl adjacent to an activating group) is 1. The molecule has 2 heterocycles. The molecule has 156 valence electrons. The molecular weight excluding hydrogens is 370 g/mol. The molecule has 1 saturated heterocycles. The maximum atomic E-state index is 12.8. The first-order valence-electron chi connectivity index (χ1n) is 10.7. The van der Waals surface area contributed by atoms with E-state index in [0.717, 1.165) is 37.2 Å². The number of carbonyl (C=O) groups is 3. The minimum atomic E-state index is -0.584. The van der Waals surface area contributed by atoms with Crippen LogP contribution in [0.2, 0.25) is 0 Å². The van der Waals surface area contributed by atoms with Gasteiger partial charge in [-0.2, -0.15) is 0 Å². The summed E-state index contributed by atoms with van der Waals surface area (Å²) in [5, 5.41) is 2.34. The van der Waals surface area contributed by atoms with Gasteiger partial charge in [0.25, 0.3) is 5.91 Å². The van der Waals surface area contributed by atoms with Crippen molar-refractivity contribution in [3.05, 3.63) is 29.3 Å². The van der Waals surface area contributed by atoms with Gasteiger partial charge in [-0.3, -0.25) is 24.6 Å². The third-order valence-corrected chi connectivity index (χ3v) is 6.48. The van der Waals surface area contributed by atoms with E-state index in [1.807, 2.05) is 12.1 Å². The fraction of sp³-hybridized carbons (Fsp3) is 0.591. The Morgan fingerprint density at radius 2 is 1.93 bits per heavy atom. The average Bonchev–Trinajstić information content (AvgIpc) is 3.28. The summed E-state index contributed by atoms with van der Waals surface area (Å²) in [6, 6.07) is 5.46. The highest BCUT2D eigenvalue weighted by Gasteiger charge is 2.39. The zero-order valence-electron chi connectivity index (χ0n) is 17.1. The Morgan fingerprint density at radius 1 is 1.14 bits per heavy atom. The molecule has 1 aromatic rings. The van der Waals surface area contributed by atoms with Gasteiger partial charge in [-0.25, -0.2) is 0 Å². The van der Waals surface area contributed by atoms with Crippen LogP contribution in [0.5, 0.6) is 5.75 Å². The Labute approximate surface area is 171 Å². The van der Waals surface area contributed by atoms with E-state index < -0.39 is 6.04 Å². The van der Waals surface area contributed by atoms with E-state index in [0.29, 0.717) is 24.6 Å². The molecule has 2 fully saturated rings. The molecule has 1 N–H and O–H groups in total. The highest BCUT2D eigenvalue weighted by Crippen LogP contribution is 2.33. The molecule has 0 radical (unpaired) electrons. The molecule has 7 nitrogen and oxygen atoms in total. The Morgan fingerprint density at radius 3 is 2.66 bits per heavy atom. The number of nitrogens with one attached hydrogen (secondary N) is 1. The van der Waals surface area contributed by atoms with Crippen LogP contribution in [0.4, 0.5) is 0 Å². The number of hydrogen-bond donors (Lipinski definition) is 1. The van der Waals surface area contributed by atoms with Gasteiger partial charge < -0.3 is 9.64 Å². The predicted molar refractivity (Wildman–Crippen MR) is 107 cm³/mol. The molecule has 0 spiro atoms. The number of carbonyl (C=O) groups excluding carboxylic acids is 3. The van der Waals surface area contributed by atoms with E-state index in [4.69, 9.17) is 4.74 Å². The van der Waals surface area contributed by atoms with Gasteiger partial charge in [0.05, 0.1) is 0 Å². The highest BCUT2D eigenvalue weighted by molar-refractivity contribution is 6.05. The van der Waals surface area contributed by atoms with Crippen molar-refractivity contribution in [2.75, 3.05) is 13.1 Å². The number of nitrogens with zero attached hydrogens (tertiary/aromatic N) is 2. The quantitative estimate of drug-likeness (QED) is 0.741. The lowest BCUT2D eigenvalue weighted by molar-refractivity contribution is -0.136. The highest BCUT2D eigenvalue weighted by atomic mass is 16.5. The maximum Gasteiger partial charge on any atom is 0.255 e. The smallest absolute Gasteiger partial charge is 0.255 e. The molecule has 29 heavy (non-hydrogen) atoms. The molecule has 3 atom stereocenters. The topological polar surface area (TPSA) is 79.0 Å². The predicted octanol–water partition coefficient (Wildman–Crippen LogP) is 2.09. The number of benzene rings is 1. The first kappa shape index (κ1) is 19.9. The van der Waals surface area contributed by atoms with Crippen molar-refractivity contribution >= 4 is 17.7 Å². The number of fused-ring (bicyclic) bond motifs is 1. The number of hydrogen-bond acceptors (Lipinski definition) is 5. The van der Waals surface area contributed by atoms with Crippen molar-refractivity contribution in [2.45, 2.75) is 70.7 Å². The zero-order valence-corrected chi connectivity index (χ0v) is 17.1. The molecule has 1 aliphatic carbocycles. The summed E-state index contributed by atoms with van der Waals surface area (Å²) in [5.74, 6) is -0.0222. The second-order valence-electron chi connectivity index (χ2n) is 8.09. The first-order valence-corrected chi connectivity index (χ1v) is 10.7. The van der Waals surface area contributed by atoms with E-state index in [1.165, 1.54) is 6.42 Å². The largest absolute Gasteiger partial charge is 0.489 e. The van der Waals surface area contributed by atoms with Crippen molar-refractivity contribution in [2.24, 2.45) is 0 Å². The molecular formula is C22H29N3O4. The van der Waals surface area contributed by atoms with E-state index in [9.17, 15) is 14.4 Å². The third kappa shape index (κ3) is 3.75. The van der Waals surface area contributed by atoms with Crippen LogP contribution in [0, 0.1) is 0 Å². The molecule has 1 unspecified atom stereocenters. The van der Waals surface area contributed by atoms with Gasteiger partial charge >= 0.3 is 0 Å². The second kappa shape index (κ2) is 8.14. The molecule has 4 rings (SSSR count). The Balaban J connectivity index is 1.48. The van der Waals surface area contributed by atoms with E-state index in [-0.39, 0.29) is 30.2 Å². The van der Waals surface area contributed by atoms with Crippen molar-refractivity contribution in [1.29, 1.82) is 0 Å². The third-order valence-electron chi connectivity index (χ3n) is 6.48. The summed E-state index contributed by atoms with van der Waals surface area (Å²) < 4.78 is 6.35. The molecule has 3 aliphatic rings. The van der Waals surface area contributed by atoms with E-state index in [1.54, 1.807) is 11.0 Å². The van der Waals surface area contributed by atoms with E-state index in [2.05, 4.69) is 24.1 Å². The van der Waals surface area contributed by atoms with Crippen LogP contribution in [0.15, 0.2) is 18.2 Å². The fourth-order valence-corrected chi connectivity index (χ4v) is 4.95. The van der Waals surface area contributed by atoms with Gasteiger partial charge in [-0.1, -0.05) is 13.8 Å². The van der Waals surface area contributed by atoms with Crippen LogP contribution in [0.25, 0.3) is 0 Å². The summed E-state index contributed by atoms with van der Waals surface area (Å²) in [5.41, 5.74) is 1.50. The Bertz CT molecular complexity index is 820. The average molecular weight is 399 g/mol. The SMILES string of the molecule is CCN(CC)[C@H]1CCC[C@@H]1Oc1ccc2c(c1)CN(C1CCC(=O)NC1=O)C2=O. The van der Waals surface area contributed by atoms with Crippen molar-refractivity contribution in [1.82, 2.24) is 15.1 Å². The van der Waals surface area contributed by atoms with Crippen LogP contribution in [-0.2, 0) is 16.1 Å². The standard InChI is InChI=1S/C22H29N3O4/c1-3-24(4-2)17-6-5-7-19(17)29-15-8-9-16-14(12-15)13-25(22(16)28)18-10-11-20(26)23-21(18)27/h8-9,12,17-19H,3-7,10-11,13H2,1-2H3,(H,23,26,27)/t17-,18?,19-/m0/s1. The van der Waals surface area contributed by atoms with Gasteiger partial charge in [-0.15, -0.1) is 0 Å². The first-order chi connectivity index (χ1) is 14.0. The lowest BCUT2D eigenvalue weighted by Gasteiger charge is -2.31. The number of amides is 3. The van der Waals surface area contributed by atoms with Crippen LogP contribution in [-0.4, -0.2) is 58.8 Å². The monoisotopic (exact) mass is 399 g/mol. The summed E-state index contributed by atoms with van der Waals surface area (Å²) in [4.78, 5) is 40.4. The summed E-state index contributed by atoms with van der Waals surface area (Å²) >= 11 is 0. The van der Waals surface area contributed by atoms with Crippen molar-refractivity contribution in [3.8, 4) is 5.75 Å². The van der Waals surface area contributed by atoms with Gasteiger partial charge in [0.15, 0.2) is 0 Å². The number of ether oxygens (including phenoxy) is 1. The Hall–Kier alpha value is -2.41. The maximum absolute atomic E-state index is 12.8. The minimum absolute atomic E-state index is 0.150. The normalized spacial score (nSPS) is 26.8. The summed E-state index contributed by atoms with van der Waals surface area (Å²) in [6.45, 7) is 6.77. The lowest BCUT2D eigenvalue weighted by atomic mass is 10.0. The van der Waals surface area contributed by atoms with Gasteiger partial charge in [0.2, 0.25) is 11.8 Å². The summed E-state index contributed by atoms with van der Waals surface area (Å²) in [7, 11) is 0. The molecule has 7 heteroatoms. The van der Waals surface area contributed by atoms with Gasteiger partial charge in [0, 0.05) is 24.6 Å². The van der Waals surface area contributed by atoms with Gasteiger partial charge in [0.1, 0.15) is 17.9 Å². The molecule has 1 saturated carbocycles. The number of imide groups is 1. The lowest BCUT2D eigenvalue weighted by Crippen LogP contribution is -2.52.